The molecule has 3 N–H and O–H groups in total. The van der Waals surface area contributed by atoms with Crippen LogP contribution < -0.4 is 5.32 Å². The Bertz CT molecular complexity index is 424. The van der Waals surface area contributed by atoms with Crippen LogP contribution in [0, 0.1) is 5.92 Å². The number of likely N-dealkylation sites (tertiary alicyclic amines) is 1. The summed E-state index contributed by atoms with van der Waals surface area (Å²) < 4.78 is 25.7. The van der Waals surface area contributed by atoms with E-state index in [1.54, 1.807) is 4.90 Å². The van der Waals surface area contributed by atoms with E-state index >= 15 is 0 Å². The molecule has 1 unspecified atom stereocenters. The summed E-state index contributed by atoms with van der Waals surface area (Å²) in [7, 11) is 0. The van der Waals surface area contributed by atoms with Crippen molar-refractivity contribution in [1.29, 1.82) is 0 Å². The van der Waals surface area contributed by atoms with Crippen molar-refractivity contribution in [1.82, 2.24) is 4.90 Å². The molecule has 4 atom stereocenters. The monoisotopic (exact) mass is 304 g/mol. The molecule has 0 spiro atoms. The topological polar surface area (TPSA) is 55.7 Å². The van der Waals surface area contributed by atoms with Gasteiger partial charge in [-0.2, -0.15) is 0 Å². The molecular weight excluding hydrogens is 286 g/mol. The summed E-state index contributed by atoms with van der Waals surface area (Å²) in [6, 6.07) is 9.23. The maximum absolute atomic E-state index is 12.9. The van der Waals surface area contributed by atoms with Gasteiger partial charge in [0.25, 0.3) is 0 Å². The Morgan fingerprint density at radius 3 is 2.45 bits per heavy atom. The molecule has 0 aromatic heterocycles. The van der Waals surface area contributed by atoms with Crippen LogP contribution in [-0.2, 0) is 0 Å². The predicted octanol–water partition coefficient (Wildman–Crippen LogP) is 1.23. The second kappa shape index (κ2) is 6.71. The van der Waals surface area contributed by atoms with Crippen molar-refractivity contribution in [3.8, 4) is 0 Å². The van der Waals surface area contributed by atoms with E-state index in [4.69, 9.17) is 0 Å². The fourth-order valence-corrected chi connectivity index (χ4v) is 2.63. The highest BCUT2D eigenvalue weighted by molar-refractivity contribution is 7.81. The Morgan fingerprint density at radius 2 is 1.85 bits per heavy atom. The minimum atomic E-state index is -2.68. The summed E-state index contributed by atoms with van der Waals surface area (Å²) in [6.45, 7) is 0.0717. The maximum atomic E-state index is 12.9. The van der Waals surface area contributed by atoms with Gasteiger partial charge < -0.3 is 15.5 Å². The van der Waals surface area contributed by atoms with E-state index in [1.807, 2.05) is 30.3 Å². The van der Waals surface area contributed by atoms with Gasteiger partial charge in [0.05, 0.1) is 18.1 Å². The van der Waals surface area contributed by atoms with Gasteiger partial charge in [-0.05, 0) is 12.1 Å². The zero-order chi connectivity index (χ0) is 14.7. The zero-order valence-corrected chi connectivity index (χ0v) is 11.6. The number of benzene rings is 1. The van der Waals surface area contributed by atoms with E-state index in [0.29, 0.717) is 0 Å². The minimum Gasteiger partial charge on any atom is -0.390 e. The largest absolute Gasteiger partial charge is 0.390 e. The Labute approximate surface area is 121 Å². The number of nitrogens with zero attached hydrogens (tertiary/aromatic N) is 1. The number of para-hydroxylation sites is 1. The normalized spacial score (nSPS) is 29.4. The number of thiol groups is 1. The fraction of sp³-hybridized carbons (Fsp3) is 0.538. The molecule has 0 bridgehead atoms. The van der Waals surface area contributed by atoms with Crippen molar-refractivity contribution in [3.05, 3.63) is 30.3 Å². The lowest BCUT2D eigenvalue weighted by atomic mass is 9.93. The van der Waals surface area contributed by atoms with Crippen molar-refractivity contribution in [2.24, 2.45) is 5.92 Å². The lowest BCUT2D eigenvalue weighted by molar-refractivity contribution is -0.117. The molecule has 1 aromatic rings. The molecule has 0 saturated carbocycles. The highest BCUT2D eigenvalue weighted by Gasteiger charge is 2.41. The Hall–Kier alpha value is -0.890. The number of nitrogens with one attached hydrogen (secondary N) is 1. The molecule has 1 aromatic carbocycles. The van der Waals surface area contributed by atoms with Crippen LogP contribution in [0.3, 0.4) is 0 Å². The summed E-state index contributed by atoms with van der Waals surface area (Å²) in [5.74, 6) is -1.27. The highest BCUT2D eigenvalue weighted by Crippen LogP contribution is 2.26. The minimum absolute atomic E-state index is 0.0239. The molecule has 0 radical (unpaired) electrons. The Balaban J connectivity index is 2.01. The summed E-state index contributed by atoms with van der Waals surface area (Å²) >= 11 is 4.34. The van der Waals surface area contributed by atoms with Crippen LogP contribution >= 0.6 is 12.6 Å². The molecule has 4 nitrogen and oxygen atoms in total. The number of alkyl halides is 2. The molecule has 112 valence electrons. The molecule has 1 fully saturated rings. The summed E-state index contributed by atoms with van der Waals surface area (Å²) in [5.41, 5.74) is 0.294. The second-order valence-corrected chi connectivity index (χ2v) is 5.38. The standard InChI is InChI=1S/C13H18F2N2O2S/c14-12(15)9-6-17(7-10(18)11(9)19)13(20)16-8-4-2-1-3-5-8/h1-5,9-13,16,18-20H,6-7H2/t9-,10+,11+,13?/m0/s1. The number of hydrogen-bond donors (Lipinski definition) is 4. The molecule has 1 heterocycles. The molecule has 2 rings (SSSR count). The van der Waals surface area contributed by atoms with E-state index < -0.39 is 30.0 Å². The number of anilines is 1. The lowest BCUT2D eigenvalue weighted by Crippen LogP contribution is -2.57. The number of aliphatic hydroxyl groups is 2. The van der Waals surface area contributed by atoms with Crippen LogP contribution in [0.1, 0.15) is 0 Å². The first-order chi connectivity index (χ1) is 9.49. The zero-order valence-electron chi connectivity index (χ0n) is 10.7. The van der Waals surface area contributed by atoms with Gasteiger partial charge in [-0.1, -0.05) is 18.2 Å². The van der Waals surface area contributed by atoms with Gasteiger partial charge in [0.15, 0.2) is 0 Å². The van der Waals surface area contributed by atoms with Crippen LogP contribution in [0.4, 0.5) is 14.5 Å². The molecule has 1 aliphatic heterocycles. The first-order valence-electron chi connectivity index (χ1n) is 6.37. The molecule has 0 amide bonds. The van der Waals surface area contributed by atoms with Crippen LogP contribution in [0.15, 0.2) is 30.3 Å². The van der Waals surface area contributed by atoms with Crippen LogP contribution in [0.25, 0.3) is 0 Å². The maximum Gasteiger partial charge on any atom is 0.245 e. The molecule has 20 heavy (non-hydrogen) atoms. The van der Waals surface area contributed by atoms with Gasteiger partial charge in [-0.3, -0.25) is 4.90 Å². The van der Waals surface area contributed by atoms with E-state index in [1.165, 1.54) is 0 Å². The van der Waals surface area contributed by atoms with Gasteiger partial charge in [0, 0.05) is 18.8 Å². The van der Waals surface area contributed by atoms with E-state index in [2.05, 4.69) is 17.9 Å². The van der Waals surface area contributed by atoms with Gasteiger partial charge in [0.1, 0.15) is 5.50 Å². The Kier molecular flexibility index (Phi) is 5.20. The molecule has 1 aliphatic rings. The van der Waals surface area contributed by atoms with Gasteiger partial charge in [-0.15, -0.1) is 12.6 Å². The average molecular weight is 304 g/mol. The fourth-order valence-electron chi connectivity index (χ4n) is 2.29. The average Bonchev–Trinajstić information content (AvgIpc) is 2.42. The van der Waals surface area contributed by atoms with Crippen LogP contribution in [-0.4, -0.2) is 52.3 Å². The number of piperidine rings is 1. The molecule has 1 saturated heterocycles. The third-order valence-electron chi connectivity index (χ3n) is 3.44. The van der Waals surface area contributed by atoms with Crippen molar-refractivity contribution in [3.63, 3.8) is 0 Å². The predicted molar refractivity (Wildman–Crippen MR) is 75.9 cm³/mol. The highest BCUT2D eigenvalue weighted by atomic mass is 32.1. The SMILES string of the molecule is O[C@H]1[C@H](O)CN(C(S)Nc2ccccc2)C[C@@H]1C(F)F. The van der Waals surface area contributed by atoms with Gasteiger partial charge >= 0.3 is 0 Å². The van der Waals surface area contributed by atoms with Crippen molar-refractivity contribution in [2.75, 3.05) is 18.4 Å². The first-order valence-corrected chi connectivity index (χ1v) is 6.88. The smallest absolute Gasteiger partial charge is 0.245 e. The van der Waals surface area contributed by atoms with Gasteiger partial charge in [-0.25, -0.2) is 8.78 Å². The second-order valence-electron chi connectivity index (χ2n) is 4.89. The number of rotatable bonds is 4. The summed E-state index contributed by atoms with van der Waals surface area (Å²) in [6.07, 6.45) is -5.28. The van der Waals surface area contributed by atoms with Crippen molar-refractivity contribution >= 4 is 18.3 Å². The van der Waals surface area contributed by atoms with Crippen molar-refractivity contribution < 1.29 is 19.0 Å². The van der Waals surface area contributed by atoms with Crippen molar-refractivity contribution in [2.45, 2.75) is 24.1 Å². The number of hydrogen-bond acceptors (Lipinski definition) is 5. The molecule has 7 heteroatoms. The Morgan fingerprint density at radius 1 is 1.20 bits per heavy atom. The van der Waals surface area contributed by atoms with E-state index in [0.717, 1.165) is 5.69 Å². The third-order valence-corrected chi connectivity index (χ3v) is 3.89. The number of halogens is 2. The quantitative estimate of drug-likeness (QED) is 0.499. The summed E-state index contributed by atoms with van der Waals surface area (Å²) in [4.78, 5) is 1.59. The lowest BCUT2D eigenvalue weighted by Gasteiger charge is -2.41. The van der Waals surface area contributed by atoms with E-state index in [9.17, 15) is 19.0 Å². The molecular formula is C13H18F2N2O2S. The third kappa shape index (κ3) is 3.60. The number of β-amino-alcohol motifs (C(OH)–C–C–N with tert-alkyl or cyclic N) is 1. The first kappa shape index (κ1) is 15.5. The van der Waals surface area contributed by atoms with E-state index in [-0.39, 0.29) is 13.1 Å². The summed E-state index contributed by atoms with van der Waals surface area (Å²) in [5, 5.41) is 22.3. The molecule has 0 aliphatic carbocycles. The number of aliphatic hydroxyl groups excluding tert-OH is 2. The van der Waals surface area contributed by atoms with Gasteiger partial charge in [0.2, 0.25) is 6.43 Å². The van der Waals surface area contributed by atoms with Crippen LogP contribution in [0.2, 0.25) is 0 Å². The van der Waals surface area contributed by atoms with Crippen LogP contribution in [0.5, 0.6) is 0 Å².